The summed E-state index contributed by atoms with van der Waals surface area (Å²) in [4.78, 5) is 0. The Labute approximate surface area is 92.8 Å². The normalized spacial score (nSPS) is 35.1. The van der Waals surface area contributed by atoms with Crippen molar-refractivity contribution in [3.63, 3.8) is 0 Å². The number of allylic oxidation sites excluding steroid dienone is 2. The predicted molar refractivity (Wildman–Crippen MR) is 62.7 cm³/mol. The van der Waals surface area contributed by atoms with Gasteiger partial charge in [-0.25, -0.2) is 0 Å². The van der Waals surface area contributed by atoms with Crippen molar-refractivity contribution < 1.29 is 5.11 Å². The molecule has 0 bridgehead atoms. The van der Waals surface area contributed by atoms with Crippen molar-refractivity contribution in [2.24, 2.45) is 11.8 Å². The summed E-state index contributed by atoms with van der Waals surface area (Å²) in [7, 11) is 0. The van der Waals surface area contributed by atoms with Crippen molar-refractivity contribution in [1.29, 1.82) is 0 Å². The van der Waals surface area contributed by atoms with Gasteiger partial charge in [-0.1, -0.05) is 18.6 Å². The van der Waals surface area contributed by atoms with Crippen LogP contribution in [0.5, 0.6) is 0 Å². The van der Waals surface area contributed by atoms with E-state index in [1.165, 1.54) is 32.1 Å². The zero-order valence-electron chi connectivity index (χ0n) is 9.49. The smallest absolute Gasteiger partial charge is 0.0443 e. The van der Waals surface area contributed by atoms with Crippen LogP contribution in [0.2, 0.25) is 0 Å². The molecule has 0 amide bonds. The molecule has 0 aliphatic heterocycles. The summed E-state index contributed by atoms with van der Waals surface area (Å²) in [6.07, 6.45) is 12.3. The summed E-state index contributed by atoms with van der Waals surface area (Å²) >= 11 is 0. The largest absolute Gasteiger partial charge is 0.396 e. The molecule has 2 aliphatic carbocycles. The molecule has 0 aromatic heterocycles. The molecule has 2 N–H and O–H groups in total. The Morgan fingerprint density at radius 1 is 1.20 bits per heavy atom. The monoisotopic (exact) mass is 209 g/mol. The van der Waals surface area contributed by atoms with E-state index in [1.54, 1.807) is 0 Å². The first-order chi connectivity index (χ1) is 7.42. The molecule has 0 aromatic rings. The molecule has 2 nitrogen and oxygen atoms in total. The fourth-order valence-electron chi connectivity index (χ4n) is 3.15. The third-order valence-electron chi connectivity index (χ3n) is 3.97. The molecular weight excluding hydrogens is 186 g/mol. The molecule has 0 saturated heterocycles. The van der Waals surface area contributed by atoms with Crippen LogP contribution in [0.4, 0.5) is 0 Å². The molecule has 15 heavy (non-hydrogen) atoms. The van der Waals surface area contributed by atoms with Crippen molar-refractivity contribution >= 4 is 0 Å². The number of aliphatic hydroxyl groups excluding tert-OH is 1. The molecule has 2 aliphatic rings. The zero-order valence-corrected chi connectivity index (χ0v) is 9.49. The van der Waals surface area contributed by atoms with Crippen LogP contribution in [0.1, 0.15) is 38.5 Å². The lowest BCUT2D eigenvalue weighted by Crippen LogP contribution is -2.43. The highest BCUT2D eigenvalue weighted by atomic mass is 16.3. The Morgan fingerprint density at radius 3 is 2.93 bits per heavy atom. The maximum Gasteiger partial charge on any atom is 0.0443 e. The third kappa shape index (κ3) is 2.82. The number of rotatable bonds is 4. The SMILES string of the molecule is OCCCNC1CCCC2CC=CCC21. The first-order valence-electron chi connectivity index (χ1n) is 6.41. The first-order valence-corrected chi connectivity index (χ1v) is 6.41. The molecule has 1 saturated carbocycles. The second kappa shape index (κ2) is 5.66. The molecular formula is C13H23NO. The summed E-state index contributed by atoms with van der Waals surface area (Å²) in [5.41, 5.74) is 0. The van der Waals surface area contributed by atoms with Crippen molar-refractivity contribution in [2.45, 2.75) is 44.6 Å². The van der Waals surface area contributed by atoms with Crippen molar-refractivity contribution in [3.8, 4) is 0 Å². The number of fused-ring (bicyclic) bond motifs is 1. The van der Waals surface area contributed by atoms with E-state index >= 15 is 0 Å². The lowest BCUT2D eigenvalue weighted by Gasteiger charge is -2.40. The molecule has 2 heteroatoms. The van der Waals surface area contributed by atoms with E-state index in [0.717, 1.165) is 24.8 Å². The van der Waals surface area contributed by atoms with E-state index < -0.39 is 0 Å². The Hall–Kier alpha value is -0.340. The fourth-order valence-corrected chi connectivity index (χ4v) is 3.15. The summed E-state index contributed by atoms with van der Waals surface area (Å²) in [5, 5.41) is 12.4. The quantitative estimate of drug-likeness (QED) is 0.549. The van der Waals surface area contributed by atoms with Crippen LogP contribution in [-0.2, 0) is 0 Å². The average molecular weight is 209 g/mol. The van der Waals surface area contributed by atoms with Crippen LogP contribution in [0, 0.1) is 11.8 Å². The van der Waals surface area contributed by atoms with Crippen LogP contribution in [-0.4, -0.2) is 24.3 Å². The second-order valence-electron chi connectivity index (χ2n) is 4.94. The van der Waals surface area contributed by atoms with Gasteiger partial charge in [-0.3, -0.25) is 0 Å². The fraction of sp³-hybridized carbons (Fsp3) is 0.846. The van der Waals surface area contributed by atoms with E-state index in [-0.39, 0.29) is 0 Å². The Kier molecular flexibility index (Phi) is 4.21. The summed E-state index contributed by atoms with van der Waals surface area (Å²) in [5.74, 6) is 1.79. The van der Waals surface area contributed by atoms with Gasteiger partial charge in [-0.15, -0.1) is 0 Å². The lowest BCUT2D eigenvalue weighted by molar-refractivity contribution is 0.169. The van der Waals surface area contributed by atoms with Crippen molar-refractivity contribution in [3.05, 3.63) is 12.2 Å². The van der Waals surface area contributed by atoms with Gasteiger partial charge in [-0.05, 0) is 50.5 Å². The predicted octanol–water partition coefficient (Wildman–Crippen LogP) is 2.09. The van der Waals surface area contributed by atoms with Gasteiger partial charge in [0.15, 0.2) is 0 Å². The minimum Gasteiger partial charge on any atom is -0.396 e. The molecule has 86 valence electrons. The van der Waals surface area contributed by atoms with Crippen LogP contribution < -0.4 is 5.32 Å². The van der Waals surface area contributed by atoms with Crippen LogP contribution >= 0.6 is 0 Å². The van der Waals surface area contributed by atoms with Gasteiger partial charge in [0.1, 0.15) is 0 Å². The van der Waals surface area contributed by atoms with Crippen LogP contribution in [0.25, 0.3) is 0 Å². The number of hydrogen-bond acceptors (Lipinski definition) is 2. The Bertz CT molecular complexity index is 215. The summed E-state index contributed by atoms with van der Waals surface area (Å²) in [6, 6.07) is 0.709. The minimum absolute atomic E-state index is 0.313. The summed E-state index contributed by atoms with van der Waals surface area (Å²) in [6.45, 7) is 1.29. The molecule has 0 spiro atoms. The van der Waals surface area contributed by atoms with Crippen LogP contribution in [0.3, 0.4) is 0 Å². The van der Waals surface area contributed by atoms with Gasteiger partial charge >= 0.3 is 0 Å². The number of aliphatic hydroxyl groups is 1. The standard InChI is InChI=1S/C13H23NO/c15-10-4-9-14-13-8-3-6-11-5-1-2-7-12(11)13/h1-2,11-15H,3-10H2. The molecule has 3 atom stereocenters. The third-order valence-corrected chi connectivity index (χ3v) is 3.97. The topological polar surface area (TPSA) is 32.3 Å². The highest BCUT2D eigenvalue weighted by Crippen LogP contribution is 2.37. The minimum atomic E-state index is 0.313. The van der Waals surface area contributed by atoms with Gasteiger partial charge in [0.25, 0.3) is 0 Å². The molecule has 0 heterocycles. The van der Waals surface area contributed by atoms with E-state index in [2.05, 4.69) is 17.5 Å². The highest BCUT2D eigenvalue weighted by Gasteiger charge is 2.32. The Balaban J connectivity index is 1.84. The maximum absolute atomic E-state index is 8.78. The van der Waals surface area contributed by atoms with E-state index in [0.29, 0.717) is 12.6 Å². The Morgan fingerprint density at radius 2 is 2.07 bits per heavy atom. The van der Waals surface area contributed by atoms with Gasteiger partial charge in [-0.2, -0.15) is 0 Å². The van der Waals surface area contributed by atoms with Gasteiger partial charge in [0.2, 0.25) is 0 Å². The second-order valence-corrected chi connectivity index (χ2v) is 4.94. The van der Waals surface area contributed by atoms with E-state index in [4.69, 9.17) is 5.11 Å². The average Bonchev–Trinajstić information content (AvgIpc) is 2.30. The highest BCUT2D eigenvalue weighted by molar-refractivity contribution is 5.00. The first kappa shape index (κ1) is 11.2. The number of hydrogen-bond donors (Lipinski definition) is 2. The van der Waals surface area contributed by atoms with Gasteiger partial charge in [0, 0.05) is 12.6 Å². The molecule has 0 radical (unpaired) electrons. The summed E-state index contributed by atoms with van der Waals surface area (Å²) < 4.78 is 0. The van der Waals surface area contributed by atoms with Crippen LogP contribution in [0.15, 0.2) is 12.2 Å². The van der Waals surface area contributed by atoms with Gasteiger partial charge < -0.3 is 10.4 Å². The van der Waals surface area contributed by atoms with Crippen molar-refractivity contribution in [1.82, 2.24) is 5.32 Å². The maximum atomic E-state index is 8.78. The molecule has 2 rings (SSSR count). The zero-order chi connectivity index (χ0) is 10.5. The molecule has 1 fully saturated rings. The van der Waals surface area contributed by atoms with Crippen molar-refractivity contribution in [2.75, 3.05) is 13.2 Å². The lowest BCUT2D eigenvalue weighted by atomic mass is 9.70. The van der Waals surface area contributed by atoms with Gasteiger partial charge in [0.05, 0.1) is 0 Å². The number of nitrogens with one attached hydrogen (secondary N) is 1. The van der Waals surface area contributed by atoms with E-state index in [9.17, 15) is 0 Å². The molecule has 0 aromatic carbocycles. The molecule has 3 unspecified atom stereocenters. The van der Waals surface area contributed by atoms with E-state index in [1.807, 2.05) is 0 Å².